The van der Waals surface area contributed by atoms with Gasteiger partial charge in [-0.2, -0.15) is 0 Å². The van der Waals surface area contributed by atoms with Crippen molar-refractivity contribution in [3.05, 3.63) is 29.8 Å². The van der Waals surface area contributed by atoms with Gasteiger partial charge in [-0.25, -0.2) is 0 Å². The van der Waals surface area contributed by atoms with Crippen LogP contribution < -0.4 is 4.52 Å². The molecule has 0 saturated carbocycles. The molecule has 0 aromatic heterocycles. The van der Waals surface area contributed by atoms with Crippen molar-refractivity contribution in [2.45, 2.75) is 0 Å². The van der Waals surface area contributed by atoms with Crippen LogP contribution in [-0.4, -0.2) is 17.8 Å². The van der Waals surface area contributed by atoms with Crippen LogP contribution in [0.2, 0.25) is 0 Å². The third-order valence-corrected chi connectivity index (χ3v) is 1.74. The van der Waals surface area contributed by atoms with Gasteiger partial charge in [-0.05, 0) is 12.1 Å². The Morgan fingerprint density at radius 3 is 2.75 bits per heavy atom. The number of rotatable bonds is 3. The van der Waals surface area contributed by atoms with Crippen molar-refractivity contribution < 1.29 is 14.2 Å². The van der Waals surface area contributed by atoms with Crippen LogP contribution >= 0.6 is 8.38 Å². The van der Waals surface area contributed by atoms with Crippen LogP contribution in [0.15, 0.2) is 24.3 Å². The van der Waals surface area contributed by atoms with Gasteiger partial charge >= 0.3 is 0 Å². The Morgan fingerprint density at radius 1 is 1.50 bits per heavy atom. The highest BCUT2D eigenvalue weighted by atomic mass is 31.2. The summed E-state index contributed by atoms with van der Waals surface area (Å²) in [6.45, 7) is 1.55. The molecule has 0 spiro atoms. The van der Waals surface area contributed by atoms with Crippen molar-refractivity contribution in [3.63, 3.8) is 0 Å². The van der Waals surface area contributed by atoms with Crippen molar-refractivity contribution in [1.82, 2.24) is 0 Å². The van der Waals surface area contributed by atoms with Crippen LogP contribution in [0.1, 0.15) is 10.4 Å². The van der Waals surface area contributed by atoms with Crippen molar-refractivity contribution in [2.75, 3.05) is 6.66 Å². The quantitative estimate of drug-likeness (QED) is 0.575. The lowest BCUT2D eigenvalue weighted by Gasteiger charge is -2.08. The molecule has 0 aliphatic heterocycles. The maximum absolute atomic E-state index is 10.5. The molecule has 0 heterocycles. The molecule has 0 saturated heterocycles. The van der Waals surface area contributed by atoms with E-state index >= 15 is 0 Å². The molecule has 0 aliphatic rings. The molecule has 0 bridgehead atoms. The van der Waals surface area contributed by atoms with Gasteiger partial charge in [0.25, 0.3) is 0 Å². The average molecular weight is 184 g/mol. The van der Waals surface area contributed by atoms with Gasteiger partial charge in [-0.1, -0.05) is 12.1 Å². The van der Waals surface area contributed by atoms with Gasteiger partial charge in [0.05, 0.1) is 5.56 Å². The van der Waals surface area contributed by atoms with Crippen LogP contribution in [-0.2, 0) is 0 Å². The van der Waals surface area contributed by atoms with Gasteiger partial charge < -0.3 is 9.42 Å². The second-order valence-corrected chi connectivity index (χ2v) is 3.32. The minimum absolute atomic E-state index is 0.434. The molecule has 1 aromatic rings. The van der Waals surface area contributed by atoms with E-state index in [-0.39, 0.29) is 0 Å². The summed E-state index contributed by atoms with van der Waals surface area (Å²) in [6, 6.07) is 6.78. The van der Waals surface area contributed by atoms with Crippen molar-refractivity contribution >= 4 is 14.7 Å². The number of carbonyl (C=O) groups excluding carboxylic acids is 1. The maximum atomic E-state index is 10.5. The van der Waals surface area contributed by atoms with Gasteiger partial charge in [0.15, 0.2) is 6.29 Å². The molecule has 0 fully saturated rings. The molecule has 1 rings (SSSR count). The lowest BCUT2D eigenvalue weighted by molar-refractivity contribution is 0.112. The highest BCUT2D eigenvalue weighted by Crippen LogP contribution is 2.30. The van der Waals surface area contributed by atoms with Gasteiger partial charge in [-0.15, -0.1) is 0 Å². The molecule has 4 heteroatoms. The average Bonchev–Trinajstić information content (AvgIpc) is 2.04. The highest BCUT2D eigenvalue weighted by molar-refractivity contribution is 7.45. The van der Waals surface area contributed by atoms with E-state index in [9.17, 15) is 4.79 Å². The molecule has 1 unspecified atom stereocenters. The fourth-order valence-corrected chi connectivity index (χ4v) is 1.25. The second kappa shape index (κ2) is 4.19. The smallest absolute Gasteiger partial charge is 0.224 e. The van der Waals surface area contributed by atoms with E-state index in [0.717, 1.165) is 0 Å². The summed E-state index contributed by atoms with van der Waals surface area (Å²) in [5, 5.41) is 0. The number of benzene rings is 1. The Hall–Kier alpha value is -0.920. The summed E-state index contributed by atoms with van der Waals surface area (Å²) < 4.78 is 5.03. The van der Waals surface area contributed by atoms with Crippen LogP contribution in [0.4, 0.5) is 0 Å². The highest BCUT2D eigenvalue weighted by Gasteiger charge is 2.03. The number of hydrogen-bond donors (Lipinski definition) is 1. The number of hydrogen-bond acceptors (Lipinski definition) is 3. The molecule has 1 atom stereocenters. The first-order chi connectivity index (χ1) is 5.74. The predicted molar refractivity (Wildman–Crippen MR) is 47.5 cm³/mol. The van der Waals surface area contributed by atoms with Crippen LogP contribution in [0.5, 0.6) is 5.75 Å². The normalized spacial score (nSPS) is 12.2. The SMILES string of the molecule is CP(O)Oc1ccccc1C=O. The van der Waals surface area contributed by atoms with E-state index in [1.807, 2.05) is 0 Å². The molecule has 0 amide bonds. The first-order valence-corrected chi connectivity index (χ1v) is 5.05. The summed E-state index contributed by atoms with van der Waals surface area (Å²) in [6.07, 6.45) is 0.703. The molecule has 12 heavy (non-hydrogen) atoms. The molecule has 1 N–H and O–H groups in total. The third kappa shape index (κ3) is 2.29. The summed E-state index contributed by atoms with van der Waals surface area (Å²) in [5.74, 6) is 0.434. The molecular weight excluding hydrogens is 175 g/mol. The fourth-order valence-electron chi connectivity index (χ4n) is 0.803. The van der Waals surface area contributed by atoms with E-state index in [0.29, 0.717) is 17.6 Å². The first-order valence-electron chi connectivity index (χ1n) is 3.39. The van der Waals surface area contributed by atoms with E-state index < -0.39 is 8.38 Å². The molecule has 64 valence electrons. The van der Waals surface area contributed by atoms with Crippen molar-refractivity contribution in [1.29, 1.82) is 0 Å². The Balaban J connectivity index is 2.89. The monoisotopic (exact) mass is 184 g/mol. The van der Waals surface area contributed by atoms with Crippen molar-refractivity contribution in [2.24, 2.45) is 0 Å². The molecule has 1 aromatic carbocycles. The summed E-state index contributed by atoms with van der Waals surface area (Å²) in [4.78, 5) is 19.4. The van der Waals surface area contributed by atoms with E-state index in [2.05, 4.69) is 0 Å². The Kier molecular flexibility index (Phi) is 3.20. The zero-order valence-corrected chi connectivity index (χ0v) is 7.49. The molecule has 3 nitrogen and oxygen atoms in total. The topological polar surface area (TPSA) is 46.5 Å². The van der Waals surface area contributed by atoms with E-state index in [4.69, 9.17) is 9.42 Å². The van der Waals surface area contributed by atoms with Gasteiger partial charge in [0.1, 0.15) is 5.75 Å². The minimum atomic E-state index is -1.46. The van der Waals surface area contributed by atoms with Crippen LogP contribution in [0.3, 0.4) is 0 Å². The fraction of sp³-hybridized carbons (Fsp3) is 0.125. The lowest BCUT2D eigenvalue weighted by Crippen LogP contribution is -1.89. The Labute approximate surface area is 71.9 Å². The summed E-state index contributed by atoms with van der Waals surface area (Å²) in [7, 11) is -1.46. The molecular formula is C8H9O3P. The van der Waals surface area contributed by atoms with Gasteiger partial charge in [-0.3, -0.25) is 4.79 Å². The Bertz CT molecular complexity index is 273. The predicted octanol–water partition coefficient (Wildman–Crippen LogP) is 1.81. The number of para-hydroxylation sites is 1. The second-order valence-electron chi connectivity index (χ2n) is 2.21. The van der Waals surface area contributed by atoms with E-state index in [1.165, 1.54) is 0 Å². The zero-order valence-electron chi connectivity index (χ0n) is 6.60. The molecule has 0 radical (unpaired) electrons. The first kappa shape index (κ1) is 9.17. The van der Waals surface area contributed by atoms with Crippen LogP contribution in [0, 0.1) is 0 Å². The minimum Gasteiger partial charge on any atom is -0.447 e. The number of aldehydes is 1. The largest absolute Gasteiger partial charge is 0.447 e. The standard InChI is InChI=1S/C8H9O3P/c1-12(10)11-8-5-3-2-4-7(8)6-9/h2-6,10H,1H3. The number of carbonyl (C=O) groups is 1. The molecule has 0 aliphatic carbocycles. The van der Waals surface area contributed by atoms with Gasteiger partial charge in [0.2, 0.25) is 8.38 Å². The van der Waals surface area contributed by atoms with Crippen LogP contribution in [0.25, 0.3) is 0 Å². The van der Waals surface area contributed by atoms with E-state index in [1.54, 1.807) is 30.9 Å². The zero-order chi connectivity index (χ0) is 8.97. The Morgan fingerprint density at radius 2 is 2.17 bits per heavy atom. The third-order valence-electron chi connectivity index (χ3n) is 1.28. The lowest BCUT2D eigenvalue weighted by atomic mass is 10.2. The van der Waals surface area contributed by atoms with Gasteiger partial charge in [0, 0.05) is 6.66 Å². The van der Waals surface area contributed by atoms with Crippen molar-refractivity contribution in [3.8, 4) is 5.75 Å². The summed E-state index contributed by atoms with van der Waals surface area (Å²) in [5.41, 5.74) is 0.459. The summed E-state index contributed by atoms with van der Waals surface area (Å²) >= 11 is 0. The maximum Gasteiger partial charge on any atom is 0.224 e.